The topological polar surface area (TPSA) is 74.6 Å². The van der Waals surface area contributed by atoms with E-state index >= 15 is 0 Å². The zero-order valence-electron chi connectivity index (χ0n) is 8.64. The molecule has 0 aromatic heterocycles. The second kappa shape index (κ2) is 5.11. The number of benzene rings is 1. The highest BCUT2D eigenvalue weighted by Gasteiger charge is 2.13. The number of hydrogen-bond acceptors (Lipinski definition) is 2. The van der Waals surface area contributed by atoms with Crippen LogP contribution in [0.25, 0.3) is 0 Å². The number of aryl methyl sites for hydroxylation is 1. The molecule has 0 aliphatic carbocycles. The van der Waals surface area contributed by atoms with E-state index in [9.17, 15) is 9.59 Å². The van der Waals surface area contributed by atoms with Crippen molar-refractivity contribution in [3.05, 3.63) is 47.5 Å². The molecule has 0 aliphatic rings. The third-order valence-electron chi connectivity index (χ3n) is 2.21. The van der Waals surface area contributed by atoms with Gasteiger partial charge in [-0.15, -0.1) is 6.58 Å². The molecular weight excluding hydrogens is 208 g/mol. The Kier molecular flexibility index (Phi) is 3.83. The molecule has 4 heteroatoms. The molecule has 1 aromatic rings. The third kappa shape index (κ3) is 2.70. The summed E-state index contributed by atoms with van der Waals surface area (Å²) < 4.78 is 0. The molecule has 0 spiro atoms. The van der Waals surface area contributed by atoms with Gasteiger partial charge in [-0.1, -0.05) is 12.1 Å². The molecule has 0 unspecified atom stereocenters. The van der Waals surface area contributed by atoms with Crippen LogP contribution < -0.4 is 0 Å². The first kappa shape index (κ1) is 12.0. The number of carboxylic acids is 2. The van der Waals surface area contributed by atoms with Gasteiger partial charge >= 0.3 is 11.9 Å². The summed E-state index contributed by atoms with van der Waals surface area (Å²) in [4.78, 5) is 21.6. The molecule has 2 N–H and O–H groups in total. The number of aromatic carboxylic acids is 2. The molecule has 1 aromatic carbocycles. The first-order valence-corrected chi connectivity index (χ1v) is 4.76. The minimum Gasteiger partial charge on any atom is -0.478 e. The van der Waals surface area contributed by atoms with Crippen LogP contribution >= 0.6 is 0 Å². The number of hydrogen-bond donors (Lipinski definition) is 2. The van der Waals surface area contributed by atoms with Crippen LogP contribution in [0.4, 0.5) is 0 Å². The maximum atomic E-state index is 10.9. The molecule has 0 atom stereocenters. The van der Waals surface area contributed by atoms with Crippen LogP contribution in [-0.2, 0) is 6.42 Å². The van der Waals surface area contributed by atoms with Crippen LogP contribution in [0.2, 0.25) is 0 Å². The van der Waals surface area contributed by atoms with E-state index < -0.39 is 11.9 Å². The fourth-order valence-electron chi connectivity index (χ4n) is 1.38. The van der Waals surface area contributed by atoms with Crippen molar-refractivity contribution in [3.8, 4) is 0 Å². The van der Waals surface area contributed by atoms with Gasteiger partial charge in [0.25, 0.3) is 0 Å². The molecule has 0 amide bonds. The zero-order chi connectivity index (χ0) is 12.1. The quantitative estimate of drug-likeness (QED) is 0.746. The molecule has 0 fully saturated rings. The lowest BCUT2D eigenvalue weighted by molar-refractivity contribution is 0.0695. The van der Waals surface area contributed by atoms with Crippen molar-refractivity contribution in [1.82, 2.24) is 0 Å². The molecule has 84 valence electrons. The normalized spacial score (nSPS) is 9.75. The summed E-state index contributed by atoms with van der Waals surface area (Å²) in [5.74, 6) is -2.24. The smallest absolute Gasteiger partial charge is 0.335 e. The molecule has 0 heterocycles. The fourth-order valence-corrected chi connectivity index (χ4v) is 1.38. The molecule has 0 saturated carbocycles. The molecular formula is C12H12O4. The van der Waals surface area contributed by atoms with E-state index in [2.05, 4.69) is 6.58 Å². The SMILES string of the molecule is C=CCCc1ccc(C(=O)O)cc1C(=O)O. The molecule has 4 nitrogen and oxygen atoms in total. The van der Waals surface area contributed by atoms with Crippen molar-refractivity contribution in [3.63, 3.8) is 0 Å². The van der Waals surface area contributed by atoms with Gasteiger partial charge < -0.3 is 10.2 Å². The van der Waals surface area contributed by atoms with Crippen LogP contribution in [0.15, 0.2) is 30.9 Å². The second-order valence-corrected chi connectivity index (χ2v) is 3.31. The molecule has 16 heavy (non-hydrogen) atoms. The van der Waals surface area contributed by atoms with Crippen molar-refractivity contribution in [2.75, 3.05) is 0 Å². The lowest BCUT2D eigenvalue weighted by Gasteiger charge is -2.05. The van der Waals surface area contributed by atoms with Crippen molar-refractivity contribution < 1.29 is 19.8 Å². The average molecular weight is 220 g/mol. The van der Waals surface area contributed by atoms with Gasteiger partial charge in [0.2, 0.25) is 0 Å². The predicted molar refractivity (Wildman–Crippen MR) is 58.9 cm³/mol. The molecule has 1 rings (SSSR count). The maximum absolute atomic E-state index is 10.9. The number of carboxylic acid groups (broad SMARTS) is 2. The fraction of sp³-hybridized carbons (Fsp3) is 0.167. The van der Waals surface area contributed by atoms with Crippen LogP contribution in [0.5, 0.6) is 0 Å². The lowest BCUT2D eigenvalue weighted by atomic mass is 10.00. The van der Waals surface area contributed by atoms with Crippen LogP contribution in [0.1, 0.15) is 32.7 Å². The maximum Gasteiger partial charge on any atom is 0.335 e. The summed E-state index contributed by atoms with van der Waals surface area (Å²) in [5.41, 5.74) is 0.652. The highest BCUT2D eigenvalue weighted by Crippen LogP contribution is 2.14. The first-order chi connectivity index (χ1) is 7.56. The van der Waals surface area contributed by atoms with Crippen LogP contribution in [0.3, 0.4) is 0 Å². The molecule has 0 aliphatic heterocycles. The second-order valence-electron chi connectivity index (χ2n) is 3.31. The van der Waals surface area contributed by atoms with E-state index in [4.69, 9.17) is 10.2 Å². The standard InChI is InChI=1S/C12H12O4/c1-2-3-4-8-5-6-9(11(13)14)7-10(8)12(15)16/h2,5-7H,1,3-4H2,(H,13,14)(H,15,16). The number of rotatable bonds is 5. The van der Waals surface area contributed by atoms with Crippen LogP contribution in [-0.4, -0.2) is 22.2 Å². The summed E-state index contributed by atoms with van der Waals surface area (Å²) in [7, 11) is 0. The predicted octanol–water partition coefficient (Wildman–Crippen LogP) is 2.20. The summed E-state index contributed by atoms with van der Waals surface area (Å²) in [6.07, 6.45) is 2.90. The molecule has 0 radical (unpaired) electrons. The van der Waals surface area contributed by atoms with Gasteiger partial charge in [-0.2, -0.15) is 0 Å². The Morgan fingerprint density at radius 1 is 1.25 bits per heavy atom. The number of carbonyl (C=O) groups is 2. The summed E-state index contributed by atoms with van der Waals surface area (Å²) in [5, 5.41) is 17.7. The monoisotopic (exact) mass is 220 g/mol. The van der Waals surface area contributed by atoms with E-state index in [1.54, 1.807) is 6.08 Å². The highest BCUT2D eigenvalue weighted by atomic mass is 16.4. The summed E-state index contributed by atoms with van der Waals surface area (Å²) in [6.45, 7) is 3.55. The van der Waals surface area contributed by atoms with E-state index in [-0.39, 0.29) is 11.1 Å². The summed E-state index contributed by atoms with van der Waals surface area (Å²) in [6, 6.07) is 4.13. The Morgan fingerprint density at radius 2 is 1.94 bits per heavy atom. The largest absolute Gasteiger partial charge is 0.478 e. The highest BCUT2D eigenvalue weighted by molar-refractivity contribution is 5.94. The minimum atomic E-state index is -1.13. The molecule has 0 saturated heterocycles. The third-order valence-corrected chi connectivity index (χ3v) is 2.21. The lowest BCUT2D eigenvalue weighted by Crippen LogP contribution is -2.06. The minimum absolute atomic E-state index is 0.0141. The van der Waals surface area contributed by atoms with Gasteiger partial charge in [-0.05, 0) is 30.5 Å². The van der Waals surface area contributed by atoms with Gasteiger partial charge in [0, 0.05) is 0 Å². The van der Waals surface area contributed by atoms with Gasteiger partial charge in [-0.25, -0.2) is 9.59 Å². The van der Waals surface area contributed by atoms with Gasteiger partial charge in [-0.3, -0.25) is 0 Å². The van der Waals surface area contributed by atoms with E-state index in [0.717, 1.165) is 0 Å². The summed E-state index contributed by atoms with van der Waals surface area (Å²) >= 11 is 0. The Morgan fingerprint density at radius 3 is 2.44 bits per heavy atom. The average Bonchev–Trinajstić information content (AvgIpc) is 2.25. The molecule has 0 bridgehead atoms. The van der Waals surface area contributed by atoms with Crippen molar-refractivity contribution >= 4 is 11.9 Å². The van der Waals surface area contributed by atoms with Crippen molar-refractivity contribution in [2.45, 2.75) is 12.8 Å². The Labute approximate surface area is 92.8 Å². The number of allylic oxidation sites excluding steroid dienone is 1. The van der Waals surface area contributed by atoms with E-state index in [0.29, 0.717) is 18.4 Å². The van der Waals surface area contributed by atoms with Crippen LogP contribution in [0, 0.1) is 0 Å². The van der Waals surface area contributed by atoms with Crippen molar-refractivity contribution in [1.29, 1.82) is 0 Å². The van der Waals surface area contributed by atoms with E-state index in [1.165, 1.54) is 18.2 Å². The Hall–Kier alpha value is -2.10. The van der Waals surface area contributed by atoms with Gasteiger partial charge in [0.1, 0.15) is 0 Å². The Balaban J connectivity index is 3.13. The van der Waals surface area contributed by atoms with E-state index in [1.807, 2.05) is 0 Å². The first-order valence-electron chi connectivity index (χ1n) is 4.76. The van der Waals surface area contributed by atoms with Gasteiger partial charge in [0.15, 0.2) is 0 Å². The zero-order valence-corrected chi connectivity index (χ0v) is 8.64. The van der Waals surface area contributed by atoms with Crippen molar-refractivity contribution in [2.24, 2.45) is 0 Å². The van der Waals surface area contributed by atoms with Gasteiger partial charge in [0.05, 0.1) is 11.1 Å². The Bertz CT molecular complexity index is 435.